The number of carbonyl (C=O) groups is 2. The lowest BCUT2D eigenvalue weighted by atomic mass is 10.00. The van der Waals surface area contributed by atoms with Gasteiger partial charge in [-0.3, -0.25) is 14.7 Å². The Morgan fingerprint density at radius 2 is 1.88 bits per heavy atom. The van der Waals surface area contributed by atoms with Gasteiger partial charge in [0.2, 0.25) is 0 Å². The minimum Gasteiger partial charge on any atom is -0.349 e. The number of H-pyrrole nitrogens is 1. The first-order valence-electron chi connectivity index (χ1n) is 8.21. The number of hydrogen-bond acceptors (Lipinski definition) is 3. The molecular weight excluding hydrogens is 304 g/mol. The second-order valence-electron chi connectivity index (χ2n) is 6.29. The molecule has 6 nitrogen and oxygen atoms in total. The third-order valence-electron chi connectivity index (χ3n) is 4.57. The summed E-state index contributed by atoms with van der Waals surface area (Å²) in [5.41, 5.74) is 3.31. The summed E-state index contributed by atoms with van der Waals surface area (Å²) < 4.78 is 0. The number of hydrogen-bond donors (Lipinski definition) is 2. The Labute approximate surface area is 141 Å². The van der Waals surface area contributed by atoms with Gasteiger partial charge >= 0.3 is 0 Å². The van der Waals surface area contributed by atoms with Crippen molar-refractivity contribution in [3.05, 3.63) is 52.8 Å². The van der Waals surface area contributed by atoms with Crippen molar-refractivity contribution in [3.8, 4) is 0 Å². The van der Waals surface area contributed by atoms with Crippen molar-refractivity contribution in [3.63, 3.8) is 0 Å². The summed E-state index contributed by atoms with van der Waals surface area (Å²) in [5.74, 6) is -0.0338. The molecule has 3 rings (SSSR count). The van der Waals surface area contributed by atoms with Crippen molar-refractivity contribution < 1.29 is 9.59 Å². The fourth-order valence-electron chi connectivity index (χ4n) is 3.21. The van der Waals surface area contributed by atoms with Gasteiger partial charge in [-0.05, 0) is 37.8 Å². The SMILES string of the molecule is Cc1cccc(C)c1C(=O)NC1CCN(C(=O)c2cn[nH]c2)CC1. The van der Waals surface area contributed by atoms with E-state index in [2.05, 4.69) is 15.5 Å². The predicted octanol–water partition coefficient (Wildman–Crippen LogP) is 2.06. The number of piperidine rings is 1. The number of amides is 2. The Bertz CT molecular complexity index is 711. The normalized spacial score (nSPS) is 15.3. The summed E-state index contributed by atoms with van der Waals surface area (Å²) in [6.45, 7) is 5.19. The van der Waals surface area contributed by atoms with Crippen LogP contribution in [-0.2, 0) is 0 Å². The molecule has 1 aromatic carbocycles. The molecule has 1 saturated heterocycles. The van der Waals surface area contributed by atoms with E-state index < -0.39 is 0 Å². The number of aromatic amines is 1. The topological polar surface area (TPSA) is 78.1 Å². The van der Waals surface area contributed by atoms with Crippen LogP contribution in [0.2, 0.25) is 0 Å². The lowest BCUT2D eigenvalue weighted by Gasteiger charge is -2.32. The molecule has 24 heavy (non-hydrogen) atoms. The second-order valence-corrected chi connectivity index (χ2v) is 6.29. The van der Waals surface area contributed by atoms with Gasteiger partial charge in [-0.15, -0.1) is 0 Å². The lowest BCUT2D eigenvalue weighted by molar-refractivity contribution is 0.0698. The third kappa shape index (κ3) is 3.32. The van der Waals surface area contributed by atoms with Crippen molar-refractivity contribution in [1.82, 2.24) is 20.4 Å². The molecule has 0 saturated carbocycles. The molecule has 1 aliphatic heterocycles. The monoisotopic (exact) mass is 326 g/mol. The summed E-state index contributed by atoms with van der Waals surface area (Å²) in [5, 5.41) is 9.59. The van der Waals surface area contributed by atoms with Crippen molar-refractivity contribution in [2.24, 2.45) is 0 Å². The molecule has 0 radical (unpaired) electrons. The van der Waals surface area contributed by atoms with Gasteiger partial charge in [0.1, 0.15) is 0 Å². The summed E-state index contributed by atoms with van der Waals surface area (Å²) in [7, 11) is 0. The average molecular weight is 326 g/mol. The molecule has 2 heterocycles. The molecule has 2 amide bonds. The molecule has 1 aliphatic rings. The van der Waals surface area contributed by atoms with Crippen LogP contribution >= 0.6 is 0 Å². The largest absolute Gasteiger partial charge is 0.349 e. The van der Waals surface area contributed by atoms with Crippen LogP contribution in [0.4, 0.5) is 0 Å². The van der Waals surface area contributed by atoms with Crippen LogP contribution in [0, 0.1) is 13.8 Å². The molecular formula is C18H22N4O2. The van der Waals surface area contributed by atoms with Crippen LogP contribution in [0.5, 0.6) is 0 Å². The van der Waals surface area contributed by atoms with Gasteiger partial charge in [-0.1, -0.05) is 18.2 Å². The number of likely N-dealkylation sites (tertiary alicyclic amines) is 1. The Kier molecular flexibility index (Phi) is 4.64. The number of benzene rings is 1. The van der Waals surface area contributed by atoms with E-state index in [0.29, 0.717) is 18.7 Å². The van der Waals surface area contributed by atoms with Crippen molar-refractivity contribution in [2.45, 2.75) is 32.7 Å². The van der Waals surface area contributed by atoms with E-state index >= 15 is 0 Å². The number of nitrogens with zero attached hydrogens (tertiary/aromatic N) is 2. The minimum atomic E-state index is -0.0230. The third-order valence-corrected chi connectivity index (χ3v) is 4.57. The van der Waals surface area contributed by atoms with Crippen molar-refractivity contribution >= 4 is 11.8 Å². The fraction of sp³-hybridized carbons (Fsp3) is 0.389. The maximum absolute atomic E-state index is 12.6. The standard InChI is InChI=1S/C18H22N4O2/c1-12-4-3-5-13(2)16(12)17(23)21-15-6-8-22(9-7-15)18(24)14-10-19-20-11-14/h3-5,10-11,15H,6-9H2,1-2H3,(H,19,20)(H,21,23). The molecule has 1 fully saturated rings. The van der Waals surface area contributed by atoms with Crippen LogP contribution in [-0.4, -0.2) is 46.0 Å². The van der Waals surface area contributed by atoms with Crippen LogP contribution in [0.25, 0.3) is 0 Å². The molecule has 0 bridgehead atoms. The van der Waals surface area contributed by atoms with Gasteiger partial charge in [0, 0.05) is 30.9 Å². The van der Waals surface area contributed by atoms with E-state index in [9.17, 15) is 9.59 Å². The van der Waals surface area contributed by atoms with Crippen LogP contribution < -0.4 is 5.32 Å². The van der Waals surface area contributed by atoms with E-state index in [0.717, 1.165) is 29.5 Å². The first-order chi connectivity index (χ1) is 11.6. The van der Waals surface area contributed by atoms with Gasteiger partial charge in [0.05, 0.1) is 11.8 Å². The maximum atomic E-state index is 12.6. The predicted molar refractivity (Wildman–Crippen MR) is 90.9 cm³/mol. The highest BCUT2D eigenvalue weighted by Crippen LogP contribution is 2.17. The second kappa shape index (κ2) is 6.86. The Morgan fingerprint density at radius 3 is 2.46 bits per heavy atom. The number of rotatable bonds is 3. The summed E-state index contributed by atoms with van der Waals surface area (Å²) >= 11 is 0. The highest BCUT2D eigenvalue weighted by atomic mass is 16.2. The zero-order valence-electron chi connectivity index (χ0n) is 14.0. The molecule has 6 heteroatoms. The number of nitrogens with one attached hydrogen (secondary N) is 2. The summed E-state index contributed by atoms with van der Waals surface area (Å²) in [6, 6.07) is 5.97. The van der Waals surface area contributed by atoms with E-state index in [1.165, 1.54) is 6.20 Å². The fourth-order valence-corrected chi connectivity index (χ4v) is 3.21. The minimum absolute atomic E-state index is 0.0109. The van der Waals surface area contributed by atoms with Crippen LogP contribution in [0.1, 0.15) is 44.7 Å². The van der Waals surface area contributed by atoms with Gasteiger partial charge < -0.3 is 10.2 Å². The molecule has 126 valence electrons. The molecule has 0 spiro atoms. The first kappa shape index (κ1) is 16.2. The molecule has 2 N–H and O–H groups in total. The molecule has 0 unspecified atom stereocenters. The molecule has 0 aliphatic carbocycles. The molecule has 0 atom stereocenters. The Balaban J connectivity index is 1.58. The molecule has 1 aromatic heterocycles. The van der Waals surface area contributed by atoms with Crippen molar-refractivity contribution in [2.75, 3.05) is 13.1 Å². The molecule has 2 aromatic rings. The van der Waals surface area contributed by atoms with E-state index in [1.807, 2.05) is 36.9 Å². The first-order valence-corrected chi connectivity index (χ1v) is 8.21. The maximum Gasteiger partial charge on any atom is 0.257 e. The number of aromatic nitrogens is 2. The number of aryl methyl sites for hydroxylation is 2. The highest BCUT2D eigenvalue weighted by molar-refractivity contribution is 5.97. The van der Waals surface area contributed by atoms with E-state index in [-0.39, 0.29) is 17.9 Å². The smallest absolute Gasteiger partial charge is 0.257 e. The van der Waals surface area contributed by atoms with Gasteiger partial charge in [-0.2, -0.15) is 5.10 Å². The quantitative estimate of drug-likeness (QED) is 0.906. The average Bonchev–Trinajstić information content (AvgIpc) is 3.09. The summed E-state index contributed by atoms with van der Waals surface area (Å²) in [6.07, 6.45) is 4.68. The van der Waals surface area contributed by atoms with Crippen molar-refractivity contribution in [1.29, 1.82) is 0 Å². The Hall–Kier alpha value is -2.63. The van der Waals surface area contributed by atoms with Gasteiger partial charge in [0.25, 0.3) is 11.8 Å². The van der Waals surface area contributed by atoms with E-state index in [1.54, 1.807) is 6.20 Å². The Morgan fingerprint density at radius 1 is 1.21 bits per heavy atom. The van der Waals surface area contributed by atoms with Gasteiger partial charge in [-0.25, -0.2) is 0 Å². The zero-order chi connectivity index (χ0) is 17.1. The lowest BCUT2D eigenvalue weighted by Crippen LogP contribution is -2.46. The van der Waals surface area contributed by atoms with E-state index in [4.69, 9.17) is 0 Å². The highest BCUT2D eigenvalue weighted by Gasteiger charge is 2.25. The summed E-state index contributed by atoms with van der Waals surface area (Å²) in [4.78, 5) is 26.6. The number of carbonyl (C=O) groups excluding carboxylic acids is 2. The van der Waals surface area contributed by atoms with Crippen LogP contribution in [0.3, 0.4) is 0 Å². The zero-order valence-corrected chi connectivity index (χ0v) is 14.0. The van der Waals surface area contributed by atoms with Crippen LogP contribution in [0.15, 0.2) is 30.6 Å². The van der Waals surface area contributed by atoms with Gasteiger partial charge in [0.15, 0.2) is 0 Å².